The third kappa shape index (κ3) is 2.96. The summed E-state index contributed by atoms with van der Waals surface area (Å²) in [5, 5.41) is 0. The van der Waals surface area contributed by atoms with Crippen molar-refractivity contribution in [2.24, 2.45) is 0 Å². The third-order valence-electron chi connectivity index (χ3n) is 3.67. The van der Waals surface area contributed by atoms with E-state index in [1.807, 2.05) is 32.0 Å². The first-order chi connectivity index (χ1) is 8.50. The Morgan fingerprint density at radius 2 is 1.72 bits per heavy atom. The van der Waals surface area contributed by atoms with Crippen molar-refractivity contribution in [3.05, 3.63) is 29.3 Å². The molecule has 100 valence electrons. The van der Waals surface area contributed by atoms with Crippen molar-refractivity contribution in [3.63, 3.8) is 0 Å². The van der Waals surface area contributed by atoms with E-state index in [9.17, 15) is 9.46 Å². The molecular weight excluding hydrogens is 247 g/mol. The number of aryl methyl sites for hydroxylation is 2. The molecule has 0 aliphatic heterocycles. The van der Waals surface area contributed by atoms with Crippen LogP contribution >= 0.6 is 7.60 Å². The van der Waals surface area contributed by atoms with Crippen molar-refractivity contribution < 1.29 is 14.0 Å². The Balaban J connectivity index is 2.19. The number of rotatable bonds is 3. The van der Waals surface area contributed by atoms with Gasteiger partial charge in [0.1, 0.15) is 5.75 Å². The van der Waals surface area contributed by atoms with E-state index in [0.717, 1.165) is 36.8 Å². The van der Waals surface area contributed by atoms with Crippen LogP contribution in [0.3, 0.4) is 0 Å². The Labute approximate surface area is 109 Å². The summed E-state index contributed by atoms with van der Waals surface area (Å²) in [6, 6.07) is 5.74. The molecule has 1 fully saturated rings. The van der Waals surface area contributed by atoms with Crippen LogP contribution in [-0.2, 0) is 4.57 Å². The lowest BCUT2D eigenvalue weighted by molar-refractivity contribution is 0.342. The average molecular weight is 268 g/mol. The average Bonchev–Trinajstić information content (AvgIpc) is 2.35. The second kappa shape index (κ2) is 5.46. The zero-order valence-electron chi connectivity index (χ0n) is 11.1. The summed E-state index contributed by atoms with van der Waals surface area (Å²) in [7, 11) is -3.54. The van der Waals surface area contributed by atoms with Crippen molar-refractivity contribution >= 4 is 7.60 Å². The monoisotopic (exact) mass is 268 g/mol. The normalized spacial score (nSPS) is 20.4. The molecule has 1 saturated carbocycles. The van der Waals surface area contributed by atoms with Crippen LogP contribution in [0.4, 0.5) is 0 Å². The van der Waals surface area contributed by atoms with Crippen LogP contribution in [0.15, 0.2) is 18.2 Å². The van der Waals surface area contributed by atoms with Crippen molar-refractivity contribution in [2.75, 3.05) is 0 Å². The van der Waals surface area contributed by atoms with Gasteiger partial charge in [0.25, 0.3) is 0 Å². The molecule has 1 unspecified atom stereocenters. The number of benzene rings is 1. The zero-order valence-corrected chi connectivity index (χ0v) is 12.0. The lowest BCUT2D eigenvalue weighted by Gasteiger charge is -2.27. The van der Waals surface area contributed by atoms with Crippen LogP contribution in [0.1, 0.15) is 43.2 Å². The Bertz CT molecular complexity index is 444. The maximum Gasteiger partial charge on any atom is 0.379 e. The molecule has 4 heteroatoms. The van der Waals surface area contributed by atoms with Crippen LogP contribution < -0.4 is 4.52 Å². The summed E-state index contributed by atoms with van der Waals surface area (Å²) in [6.45, 7) is 3.81. The fourth-order valence-corrected chi connectivity index (χ4v) is 4.27. The molecule has 18 heavy (non-hydrogen) atoms. The van der Waals surface area contributed by atoms with Gasteiger partial charge in [-0.25, -0.2) is 4.57 Å². The van der Waals surface area contributed by atoms with Gasteiger partial charge in [0.15, 0.2) is 0 Å². The van der Waals surface area contributed by atoms with Gasteiger partial charge in [0.05, 0.1) is 5.66 Å². The fraction of sp³-hybridized carbons (Fsp3) is 0.571. The molecule has 0 amide bonds. The number of para-hydroxylation sites is 1. The highest BCUT2D eigenvalue weighted by Crippen LogP contribution is 2.53. The Kier molecular flexibility index (Phi) is 4.14. The van der Waals surface area contributed by atoms with Gasteiger partial charge < -0.3 is 9.42 Å². The number of hydrogen-bond donors (Lipinski definition) is 1. The topological polar surface area (TPSA) is 46.5 Å². The maximum atomic E-state index is 12.4. The van der Waals surface area contributed by atoms with Crippen LogP contribution in [0.5, 0.6) is 5.75 Å². The van der Waals surface area contributed by atoms with Gasteiger partial charge in [0, 0.05) is 0 Å². The van der Waals surface area contributed by atoms with E-state index in [1.165, 1.54) is 6.42 Å². The minimum Gasteiger partial charge on any atom is -0.424 e. The van der Waals surface area contributed by atoms with Crippen molar-refractivity contribution in [1.29, 1.82) is 0 Å². The van der Waals surface area contributed by atoms with E-state index in [-0.39, 0.29) is 5.66 Å². The lowest BCUT2D eigenvalue weighted by Crippen LogP contribution is -2.16. The molecule has 2 rings (SSSR count). The summed E-state index contributed by atoms with van der Waals surface area (Å²) in [5.74, 6) is 0.578. The summed E-state index contributed by atoms with van der Waals surface area (Å²) in [4.78, 5) is 10.2. The number of hydrogen-bond acceptors (Lipinski definition) is 2. The smallest absolute Gasteiger partial charge is 0.379 e. The van der Waals surface area contributed by atoms with Gasteiger partial charge in [-0.2, -0.15) is 0 Å². The van der Waals surface area contributed by atoms with Crippen LogP contribution in [0.2, 0.25) is 0 Å². The Hall–Kier alpha value is -0.790. The maximum absolute atomic E-state index is 12.4. The van der Waals surface area contributed by atoms with E-state index >= 15 is 0 Å². The molecule has 3 nitrogen and oxygen atoms in total. The molecule has 1 aliphatic rings. The molecule has 0 heterocycles. The van der Waals surface area contributed by atoms with E-state index in [2.05, 4.69) is 0 Å². The summed E-state index contributed by atoms with van der Waals surface area (Å²) in [5.41, 5.74) is 1.64. The molecule has 1 aliphatic carbocycles. The molecule has 0 saturated heterocycles. The van der Waals surface area contributed by atoms with Gasteiger partial charge in [-0.05, 0) is 37.8 Å². The SMILES string of the molecule is Cc1cccc(C)c1OP(=O)(O)C1CCCCC1. The zero-order chi connectivity index (χ0) is 13.2. The summed E-state index contributed by atoms with van der Waals surface area (Å²) in [6.07, 6.45) is 4.84. The molecule has 1 N–H and O–H groups in total. The van der Waals surface area contributed by atoms with Gasteiger partial charge in [-0.15, -0.1) is 0 Å². The first-order valence-electron chi connectivity index (χ1n) is 6.59. The Morgan fingerprint density at radius 1 is 1.17 bits per heavy atom. The highest BCUT2D eigenvalue weighted by atomic mass is 31.2. The molecule has 0 bridgehead atoms. The highest BCUT2D eigenvalue weighted by Gasteiger charge is 2.35. The van der Waals surface area contributed by atoms with Gasteiger partial charge in [0.2, 0.25) is 0 Å². The van der Waals surface area contributed by atoms with E-state index in [1.54, 1.807) is 0 Å². The first kappa shape index (κ1) is 13.6. The minimum absolute atomic E-state index is 0.190. The fourth-order valence-electron chi connectivity index (χ4n) is 2.56. The van der Waals surface area contributed by atoms with Crippen LogP contribution in [0.25, 0.3) is 0 Å². The molecule has 1 aromatic rings. The van der Waals surface area contributed by atoms with Crippen molar-refractivity contribution in [3.8, 4) is 5.75 Å². The van der Waals surface area contributed by atoms with Crippen LogP contribution in [-0.4, -0.2) is 10.6 Å². The predicted octanol–water partition coefficient (Wildman–Crippen LogP) is 4.20. The first-order valence-corrected chi connectivity index (χ1v) is 8.23. The summed E-state index contributed by atoms with van der Waals surface area (Å²) >= 11 is 0. The summed E-state index contributed by atoms with van der Waals surface area (Å²) < 4.78 is 17.9. The molecule has 0 spiro atoms. The largest absolute Gasteiger partial charge is 0.424 e. The quantitative estimate of drug-likeness (QED) is 0.836. The molecule has 1 aromatic carbocycles. The van der Waals surface area contributed by atoms with Gasteiger partial charge in [-0.1, -0.05) is 37.5 Å². The predicted molar refractivity (Wildman–Crippen MR) is 73.2 cm³/mol. The molecule has 0 radical (unpaired) electrons. The minimum atomic E-state index is -3.54. The van der Waals surface area contributed by atoms with Crippen molar-refractivity contribution in [1.82, 2.24) is 0 Å². The second-order valence-electron chi connectivity index (χ2n) is 5.17. The third-order valence-corrected chi connectivity index (χ3v) is 5.55. The second-order valence-corrected chi connectivity index (χ2v) is 7.21. The molecule has 1 atom stereocenters. The van der Waals surface area contributed by atoms with Crippen LogP contribution in [0, 0.1) is 13.8 Å². The Morgan fingerprint density at radius 3 is 2.28 bits per heavy atom. The molecule has 0 aromatic heterocycles. The van der Waals surface area contributed by atoms with Gasteiger partial charge >= 0.3 is 7.60 Å². The lowest BCUT2D eigenvalue weighted by atomic mass is 10.0. The highest BCUT2D eigenvalue weighted by molar-refractivity contribution is 7.54. The van der Waals surface area contributed by atoms with E-state index in [0.29, 0.717) is 5.75 Å². The van der Waals surface area contributed by atoms with E-state index in [4.69, 9.17) is 4.52 Å². The standard InChI is InChI=1S/C14H21O3P/c1-11-7-6-8-12(2)14(11)17-18(15,16)13-9-4-3-5-10-13/h6-8,13H,3-5,9-10H2,1-2H3,(H,15,16). The van der Waals surface area contributed by atoms with Crippen molar-refractivity contribution in [2.45, 2.75) is 51.6 Å². The molecular formula is C14H21O3P. The van der Waals surface area contributed by atoms with E-state index < -0.39 is 7.60 Å². The van der Waals surface area contributed by atoms with Gasteiger partial charge in [-0.3, -0.25) is 0 Å².